The van der Waals surface area contributed by atoms with Crippen molar-refractivity contribution in [3.8, 4) is 16.9 Å². The first-order valence-corrected chi connectivity index (χ1v) is 21.9. The summed E-state index contributed by atoms with van der Waals surface area (Å²) in [5.41, 5.74) is 19.8. The van der Waals surface area contributed by atoms with Crippen molar-refractivity contribution in [2.45, 2.75) is 123 Å². The van der Waals surface area contributed by atoms with E-state index in [1.807, 2.05) is 0 Å². The van der Waals surface area contributed by atoms with Crippen LogP contribution in [0.3, 0.4) is 0 Å². The van der Waals surface area contributed by atoms with Gasteiger partial charge in [0.05, 0.1) is 6.04 Å². The predicted molar refractivity (Wildman–Crippen MR) is 251 cm³/mol. The van der Waals surface area contributed by atoms with Crippen LogP contribution in [0.25, 0.3) is 11.1 Å². The summed E-state index contributed by atoms with van der Waals surface area (Å²) in [6.07, 6.45) is 2.37. The summed E-state index contributed by atoms with van der Waals surface area (Å²) in [6.45, 7) is 25.9. The molecule has 0 N–H and O–H groups in total. The second-order valence-corrected chi connectivity index (χ2v) is 21.4. The van der Waals surface area contributed by atoms with Crippen molar-refractivity contribution < 1.29 is 4.74 Å². The zero-order valence-electron chi connectivity index (χ0n) is 37.0. The largest absolute Gasteiger partial charge is 0.495 e. The van der Waals surface area contributed by atoms with Gasteiger partial charge in [-0.2, -0.15) is 0 Å². The van der Waals surface area contributed by atoms with Crippen LogP contribution < -0.4 is 25.5 Å². The van der Waals surface area contributed by atoms with E-state index in [2.05, 4.69) is 207 Å². The van der Waals surface area contributed by atoms with Crippen molar-refractivity contribution in [2.24, 2.45) is 0 Å². The number of hydrogen-bond donors (Lipinski definition) is 0. The van der Waals surface area contributed by atoms with Crippen molar-refractivity contribution in [3.63, 3.8) is 0 Å². The Hall–Kier alpha value is -5.22. The summed E-state index contributed by atoms with van der Waals surface area (Å²) in [6, 6.07) is 46.5. The first-order valence-electron chi connectivity index (χ1n) is 21.9. The maximum Gasteiger partial charge on any atom is 0.267 e. The highest BCUT2D eigenvalue weighted by Gasteiger charge is 2.55. The number of hydrogen-bond acceptors (Lipinski definition) is 3. The Morgan fingerprint density at radius 2 is 1.24 bits per heavy atom. The third-order valence-electron chi connectivity index (χ3n) is 14.3. The smallest absolute Gasteiger partial charge is 0.267 e. The van der Waals surface area contributed by atoms with Crippen LogP contribution in [-0.2, 0) is 21.7 Å². The molecule has 2 atom stereocenters. The second-order valence-electron chi connectivity index (χ2n) is 21.4. The number of aryl methyl sites for hydroxylation is 1. The fraction of sp³-hybridized carbons (Fsp3) is 0.345. The molecular weight excluding hydrogens is 715 g/mol. The van der Waals surface area contributed by atoms with Gasteiger partial charge in [-0.1, -0.05) is 136 Å². The molecular formula is C55H59BN2O. The summed E-state index contributed by atoms with van der Waals surface area (Å²) < 4.78 is 7.44. The Kier molecular flexibility index (Phi) is 8.31. The Balaban J connectivity index is 1.27. The van der Waals surface area contributed by atoms with Crippen LogP contribution in [0, 0.1) is 6.92 Å². The van der Waals surface area contributed by atoms with Gasteiger partial charge in [0.1, 0.15) is 11.8 Å². The van der Waals surface area contributed by atoms with Crippen molar-refractivity contribution >= 4 is 46.1 Å². The van der Waals surface area contributed by atoms with E-state index in [0.717, 1.165) is 5.75 Å². The number of nitrogens with zero attached hydrogens (tertiary/aromatic N) is 2. The molecule has 0 radical (unpaired) electrons. The Bertz CT molecular complexity index is 2640. The molecule has 0 amide bonds. The lowest BCUT2D eigenvalue weighted by Gasteiger charge is -2.49. The number of anilines is 5. The third-order valence-corrected chi connectivity index (χ3v) is 14.3. The van der Waals surface area contributed by atoms with E-state index < -0.39 is 0 Å². The standard InChI is InChI=1S/C55H59BN2O/c1-34-29-46-49-47(30-34)58(40-23-24-42-43(33-40)55(10,11)28-27-54(42,8)9)50-41-31-36(35-15-13-12-14-16-35)17-26-48(41)59-51(50)56(49)44-32-38(53(5,6)7)20-25-45(44)57(46)39-21-18-37(19-22-39)52(2,3)4/h12-26,29-33,50-51H,27-28H2,1-11H3. The third kappa shape index (κ3) is 5.99. The van der Waals surface area contributed by atoms with E-state index in [1.54, 1.807) is 0 Å². The zero-order chi connectivity index (χ0) is 41.4. The minimum absolute atomic E-state index is 0.0154. The van der Waals surface area contributed by atoms with E-state index >= 15 is 0 Å². The highest BCUT2D eigenvalue weighted by Crippen LogP contribution is 2.55. The van der Waals surface area contributed by atoms with Crippen LogP contribution >= 0.6 is 0 Å². The molecule has 10 rings (SSSR count). The molecule has 0 spiro atoms. The van der Waals surface area contributed by atoms with Crippen LogP contribution in [0.4, 0.5) is 28.4 Å². The second kappa shape index (κ2) is 12.9. The Morgan fingerprint density at radius 3 is 1.93 bits per heavy atom. The van der Waals surface area contributed by atoms with Gasteiger partial charge in [0.2, 0.25) is 0 Å². The molecule has 2 unspecified atom stereocenters. The normalized spacial score (nSPS) is 19.6. The first-order chi connectivity index (χ1) is 27.9. The summed E-state index contributed by atoms with van der Waals surface area (Å²) in [5, 5.41) is 0. The minimum atomic E-state index is -0.148. The van der Waals surface area contributed by atoms with E-state index in [9.17, 15) is 0 Å². The SMILES string of the molecule is Cc1cc2c3c(c1)N(c1ccc4c(c1)C(C)(C)CCC4(C)C)C1c4cc(-c5ccccc5)ccc4OC1B3c1cc(C(C)(C)C)ccc1N2c1ccc(C(C)(C)C)cc1. The summed E-state index contributed by atoms with van der Waals surface area (Å²) >= 11 is 0. The molecule has 3 nitrogen and oxygen atoms in total. The van der Waals surface area contributed by atoms with Crippen molar-refractivity contribution in [1.82, 2.24) is 0 Å². The molecule has 59 heavy (non-hydrogen) atoms. The molecule has 3 heterocycles. The van der Waals surface area contributed by atoms with Crippen molar-refractivity contribution in [1.29, 1.82) is 0 Å². The van der Waals surface area contributed by atoms with Crippen LogP contribution in [0.15, 0.2) is 121 Å². The minimum Gasteiger partial charge on any atom is -0.495 e. The summed E-state index contributed by atoms with van der Waals surface area (Å²) in [4.78, 5) is 5.23. The van der Waals surface area contributed by atoms with E-state index in [1.165, 1.54) is 96.7 Å². The number of rotatable bonds is 3. The van der Waals surface area contributed by atoms with Gasteiger partial charge in [-0.3, -0.25) is 0 Å². The quantitative estimate of drug-likeness (QED) is 0.167. The lowest BCUT2D eigenvalue weighted by Crippen LogP contribution is -2.65. The maximum absolute atomic E-state index is 7.44. The van der Waals surface area contributed by atoms with Crippen LogP contribution in [-0.4, -0.2) is 12.7 Å². The van der Waals surface area contributed by atoms with Crippen molar-refractivity contribution in [2.75, 3.05) is 9.80 Å². The van der Waals surface area contributed by atoms with Crippen molar-refractivity contribution in [3.05, 3.63) is 155 Å². The van der Waals surface area contributed by atoms with E-state index in [4.69, 9.17) is 4.74 Å². The fourth-order valence-corrected chi connectivity index (χ4v) is 10.7. The molecule has 0 aromatic heterocycles. The molecule has 4 aliphatic rings. The average Bonchev–Trinajstić information content (AvgIpc) is 3.57. The van der Waals surface area contributed by atoms with Crippen LogP contribution in [0.1, 0.15) is 122 Å². The monoisotopic (exact) mass is 774 g/mol. The fourth-order valence-electron chi connectivity index (χ4n) is 10.7. The topological polar surface area (TPSA) is 15.7 Å². The Morgan fingerprint density at radius 1 is 0.593 bits per heavy atom. The maximum atomic E-state index is 7.44. The molecule has 298 valence electrons. The van der Waals surface area contributed by atoms with Gasteiger partial charge in [0.25, 0.3) is 6.71 Å². The van der Waals surface area contributed by atoms with Gasteiger partial charge < -0.3 is 14.5 Å². The van der Waals surface area contributed by atoms with Gasteiger partial charge in [-0.15, -0.1) is 0 Å². The van der Waals surface area contributed by atoms with Crippen LogP contribution in [0.2, 0.25) is 0 Å². The average molecular weight is 775 g/mol. The number of ether oxygens (including phenoxy) is 1. The summed E-state index contributed by atoms with van der Waals surface area (Å²) in [5.74, 6) is 0.990. The molecule has 6 aromatic carbocycles. The Labute approximate surface area is 353 Å². The zero-order valence-corrected chi connectivity index (χ0v) is 37.0. The van der Waals surface area contributed by atoms with Gasteiger partial charge in [0, 0.05) is 34.0 Å². The predicted octanol–water partition coefficient (Wildman–Crippen LogP) is 13.2. The van der Waals surface area contributed by atoms with E-state index in [-0.39, 0.29) is 40.4 Å². The molecule has 0 fully saturated rings. The van der Waals surface area contributed by atoms with Gasteiger partial charge in [-0.05, 0) is 146 Å². The number of benzene rings is 6. The lowest BCUT2D eigenvalue weighted by molar-refractivity contribution is 0.282. The molecule has 0 bridgehead atoms. The van der Waals surface area contributed by atoms with Gasteiger partial charge in [0.15, 0.2) is 0 Å². The summed E-state index contributed by atoms with van der Waals surface area (Å²) in [7, 11) is 0. The molecule has 3 aliphatic heterocycles. The first kappa shape index (κ1) is 38.0. The number of fused-ring (bicyclic) bond motifs is 7. The molecule has 0 saturated carbocycles. The van der Waals surface area contributed by atoms with Gasteiger partial charge >= 0.3 is 0 Å². The molecule has 4 heteroatoms. The van der Waals surface area contributed by atoms with Crippen LogP contribution in [0.5, 0.6) is 5.75 Å². The molecule has 0 saturated heterocycles. The van der Waals surface area contributed by atoms with E-state index in [0.29, 0.717) is 0 Å². The highest BCUT2D eigenvalue weighted by atomic mass is 16.5. The molecule has 6 aromatic rings. The van der Waals surface area contributed by atoms with Gasteiger partial charge in [-0.25, -0.2) is 0 Å². The lowest BCUT2D eigenvalue weighted by atomic mass is 9.32. The molecule has 1 aliphatic carbocycles. The highest BCUT2D eigenvalue weighted by molar-refractivity contribution is 6.91.